The van der Waals surface area contributed by atoms with Crippen LogP contribution in [0.25, 0.3) is 16.7 Å². The second kappa shape index (κ2) is 9.79. The maximum atomic E-state index is 12.7. The number of para-hydroxylation sites is 2. The minimum absolute atomic E-state index is 0.179. The molecule has 0 atom stereocenters. The van der Waals surface area contributed by atoms with Crippen LogP contribution in [0.5, 0.6) is 11.5 Å². The molecule has 0 spiro atoms. The van der Waals surface area contributed by atoms with E-state index in [1.165, 1.54) is 5.56 Å². The first-order valence-corrected chi connectivity index (χ1v) is 11.1. The molecule has 4 rings (SSSR count). The van der Waals surface area contributed by atoms with Crippen LogP contribution in [-0.4, -0.2) is 33.9 Å². The van der Waals surface area contributed by atoms with E-state index >= 15 is 0 Å². The van der Waals surface area contributed by atoms with Gasteiger partial charge in [0.2, 0.25) is 0 Å². The van der Waals surface area contributed by atoms with Crippen LogP contribution in [0.15, 0.2) is 61.2 Å². The molecule has 2 aromatic carbocycles. The number of hydrogen-bond donors (Lipinski definition) is 1. The van der Waals surface area contributed by atoms with E-state index in [-0.39, 0.29) is 12.5 Å². The van der Waals surface area contributed by atoms with E-state index in [2.05, 4.69) is 49.9 Å². The fourth-order valence-electron chi connectivity index (χ4n) is 3.86. The minimum atomic E-state index is -0.316. The minimum Gasteiger partial charge on any atom is -0.486 e. The average Bonchev–Trinajstić information content (AvgIpc) is 3.17. The molecule has 174 valence electrons. The van der Waals surface area contributed by atoms with Gasteiger partial charge in [0.15, 0.2) is 23.9 Å². The lowest BCUT2D eigenvalue weighted by molar-refractivity contribution is -0.118. The second-order valence-corrected chi connectivity index (χ2v) is 8.24. The van der Waals surface area contributed by atoms with Crippen LogP contribution in [0, 0.1) is 27.7 Å². The van der Waals surface area contributed by atoms with E-state index in [1.54, 1.807) is 22.9 Å². The van der Waals surface area contributed by atoms with Crippen molar-refractivity contribution in [2.45, 2.75) is 27.7 Å². The van der Waals surface area contributed by atoms with E-state index in [4.69, 9.17) is 14.5 Å². The molecule has 7 nitrogen and oxygen atoms in total. The highest BCUT2D eigenvalue weighted by molar-refractivity contribution is 5.91. The summed E-state index contributed by atoms with van der Waals surface area (Å²) in [6.07, 6.45) is 1.65. The summed E-state index contributed by atoms with van der Waals surface area (Å²) in [5, 5.41) is 8.57. The van der Waals surface area contributed by atoms with Crippen LogP contribution in [0.4, 0.5) is 5.82 Å². The molecule has 4 aromatic rings. The van der Waals surface area contributed by atoms with Crippen LogP contribution < -0.4 is 14.8 Å². The molecule has 2 aromatic heterocycles. The summed E-state index contributed by atoms with van der Waals surface area (Å²) in [4.78, 5) is 17.6. The number of nitrogens with one attached hydrogen (secondary N) is 1. The average molecular weight is 457 g/mol. The summed E-state index contributed by atoms with van der Waals surface area (Å²) >= 11 is 0. The Kier molecular flexibility index (Phi) is 6.63. The molecule has 1 amide bonds. The number of amides is 1. The third-order valence-corrected chi connectivity index (χ3v) is 5.32. The molecule has 0 fully saturated rings. The molecule has 0 bridgehead atoms. The lowest BCUT2D eigenvalue weighted by Gasteiger charge is -2.13. The molecule has 2 heterocycles. The summed E-state index contributed by atoms with van der Waals surface area (Å²) in [5.74, 6) is 1.89. The first-order chi connectivity index (χ1) is 16.4. The number of aromatic nitrogens is 3. The Labute approximate surface area is 199 Å². The Morgan fingerprint density at radius 1 is 1.03 bits per heavy atom. The van der Waals surface area contributed by atoms with Crippen LogP contribution in [-0.2, 0) is 4.79 Å². The monoisotopic (exact) mass is 456 g/mol. The molecule has 0 saturated heterocycles. The topological polar surface area (TPSA) is 78.3 Å². The van der Waals surface area contributed by atoms with Gasteiger partial charge in [-0.3, -0.25) is 4.79 Å². The van der Waals surface area contributed by atoms with E-state index in [9.17, 15) is 4.79 Å². The van der Waals surface area contributed by atoms with Crippen molar-refractivity contribution in [3.05, 3.63) is 83.6 Å². The Hall–Kier alpha value is -4.13. The lowest BCUT2D eigenvalue weighted by atomic mass is 10.0. The van der Waals surface area contributed by atoms with Gasteiger partial charge in [-0.05, 0) is 63.1 Å². The van der Waals surface area contributed by atoms with E-state index in [0.29, 0.717) is 29.7 Å². The molecular weight excluding hydrogens is 428 g/mol. The van der Waals surface area contributed by atoms with Gasteiger partial charge in [-0.1, -0.05) is 36.4 Å². The van der Waals surface area contributed by atoms with Crippen molar-refractivity contribution in [1.82, 2.24) is 14.8 Å². The maximum Gasteiger partial charge on any atom is 0.263 e. The number of aryl methyl sites for hydroxylation is 4. The fourth-order valence-corrected chi connectivity index (χ4v) is 3.86. The third kappa shape index (κ3) is 4.93. The predicted octanol–water partition coefficient (Wildman–Crippen LogP) is 5.24. The normalized spacial score (nSPS) is 10.8. The van der Waals surface area contributed by atoms with Crippen molar-refractivity contribution < 1.29 is 14.3 Å². The number of carbonyl (C=O) groups is 1. The molecule has 0 aliphatic rings. The lowest BCUT2D eigenvalue weighted by Crippen LogP contribution is -2.22. The number of fused-ring (bicyclic) bond motifs is 1. The molecule has 34 heavy (non-hydrogen) atoms. The van der Waals surface area contributed by atoms with Crippen molar-refractivity contribution in [3.63, 3.8) is 0 Å². The van der Waals surface area contributed by atoms with Gasteiger partial charge in [0.05, 0.1) is 11.2 Å². The standard InChI is InChI=1S/C27H28N4O3/c1-6-11-33-22-9-7-8-10-23(22)34-16-26(32)28-25-15-20(5)30-31(25)24-14-18(3)21-13-17(2)12-19(4)27(21)29-24/h6-10,12-15H,1,11,16H2,2-5H3,(H,28,32). The number of anilines is 1. The molecule has 0 radical (unpaired) electrons. The Bertz CT molecular complexity index is 1370. The van der Waals surface area contributed by atoms with E-state index < -0.39 is 0 Å². The highest BCUT2D eigenvalue weighted by atomic mass is 16.5. The number of benzene rings is 2. The molecule has 0 saturated carbocycles. The van der Waals surface area contributed by atoms with Gasteiger partial charge in [-0.15, -0.1) is 0 Å². The second-order valence-electron chi connectivity index (χ2n) is 8.24. The van der Waals surface area contributed by atoms with E-state index in [0.717, 1.165) is 27.7 Å². The molecule has 0 unspecified atom stereocenters. The highest BCUT2D eigenvalue weighted by Gasteiger charge is 2.15. The number of hydrogen-bond acceptors (Lipinski definition) is 5. The number of carbonyl (C=O) groups excluding carboxylic acids is 1. The van der Waals surface area contributed by atoms with E-state index in [1.807, 2.05) is 31.2 Å². The van der Waals surface area contributed by atoms with Crippen molar-refractivity contribution in [1.29, 1.82) is 0 Å². The predicted molar refractivity (Wildman–Crippen MR) is 134 cm³/mol. The summed E-state index contributed by atoms with van der Waals surface area (Å²) in [7, 11) is 0. The Morgan fingerprint density at radius 2 is 1.76 bits per heavy atom. The van der Waals surface area contributed by atoms with Crippen molar-refractivity contribution in [3.8, 4) is 17.3 Å². The van der Waals surface area contributed by atoms with Gasteiger partial charge in [0, 0.05) is 11.5 Å². The van der Waals surface area contributed by atoms with Crippen LogP contribution in [0.2, 0.25) is 0 Å². The molecule has 7 heteroatoms. The quantitative estimate of drug-likeness (QED) is 0.367. The summed E-state index contributed by atoms with van der Waals surface area (Å²) in [6.45, 7) is 11.9. The third-order valence-electron chi connectivity index (χ3n) is 5.32. The zero-order valence-corrected chi connectivity index (χ0v) is 19.9. The van der Waals surface area contributed by atoms with Crippen molar-refractivity contribution in [2.75, 3.05) is 18.5 Å². The molecule has 1 N–H and O–H groups in total. The number of pyridine rings is 1. The molecular formula is C27H28N4O3. The maximum absolute atomic E-state index is 12.7. The summed E-state index contributed by atoms with van der Waals surface area (Å²) < 4.78 is 12.9. The highest BCUT2D eigenvalue weighted by Crippen LogP contribution is 2.27. The van der Waals surface area contributed by atoms with Crippen molar-refractivity contribution in [2.24, 2.45) is 0 Å². The SMILES string of the molecule is C=CCOc1ccccc1OCC(=O)Nc1cc(C)nn1-c1cc(C)c2cc(C)cc(C)c2n1. The summed E-state index contributed by atoms with van der Waals surface area (Å²) in [5.41, 5.74) is 5.07. The molecule has 0 aliphatic carbocycles. The number of ether oxygens (including phenoxy) is 2. The van der Waals surface area contributed by atoms with Crippen LogP contribution >= 0.6 is 0 Å². The zero-order chi connectivity index (χ0) is 24.2. The van der Waals surface area contributed by atoms with Gasteiger partial charge in [0.25, 0.3) is 5.91 Å². The zero-order valence-electron chi connectivity index (χ0n) is 19.9. The van der Waals surface area contributed by atoms with Crippen molar-refractivity contribution >= 4 is 22.6 Å². The Morgan fingerprint density at radius 3 is 2.50 bits per heavy atom. The fraction of sp³-hybridized carbons (Fsp3) is 0.222. The number of nitrogens with zero attached hydrogens (tertiary/aromatic N) is 3. The molecule has 0 aliphatic heterocycles. The Balaban J connectivity index is 1.56. The first kappa shape index (κ1) is 23.0. The van der Waals surface area contributed by atoms with Gasteiger partial charge in [0.1, 0.15) is 12.4 Å². The van der Waals surface area contributed by atoms with Gasteiger partial charge in [-0.2, -0.15) is 9.78 Å². The van der Waals surface area contributed by atoms with Crippen LogP contribution in [0.3, 0.4) is 0 Å². The van der Waals surface area contributed by atoms with Gasteiger partial charge in [-0.25, -0.2) is 4.98 Å². The van der Waals surface area contributed by atoms with Gasteiger partial charge < -0.3 is 14.8 Å². The largest absolute Gasteiger partial charge is 0.486 e. The first-order valence-electron chi connectivity index (χ1n) is 11.1. The summed E-state index contributed by atoms with van der Waals surface area (Å²) in [6, 6.07) is 15.2. The number of rotatable bonds is 8. The van der Waals surface area contributed by atoms with Crippen LogP contribution in [0.1, 0.15) is 22.4 Å². The van der Waals surface area contributed by atoms with Gasteiger partial charge >= 0.3 is 0 Å². The smallest absolute Gasteiger partial charge is 0.263 e.